The van der Waals surface area contributed by atoms with Gasteiger partial charge in [-0.3, -0.25) is 4.79 Å². The summed E-state index contributed by atoms with van der Waals surface area (Å²) in [4.78, 5) is 14.7. The Balaban J connectivity index is 0.00000288. The van der Waals surface area contributed by atoms with Crippen LogP contribution in [0.15, 0.2) is 16.6 Å². The number of halogens is 2. The molecule has 0 unspecified atom stereocenters. The van der Waals surface area contributed by atoms with Gasteiger partial charge in [-0.2, -0.15) is 0 Å². The minimum atomic E-state index is -0.116. The third kappa shape index (κ3) is 5.81. The van der Waals surface area contributed by atoms with Crippen molar-refractivity contribution in [3.05, 3.63) is 22.2 Å². The second-order valence-corrected chi connectivity index (χ2v) is 6.19. The first-order chi connectivity index (χ1) is 11.2. The Bertz CT molecular complexity index is 514. The molecule has 1 aliphatic heterocycles. The van der Waals surface area contributed by atoms with Crippen molar-refractivity contribution in [2.24, 2.45) is 0 Å². The van der Waals surface area contributed by atoms with Gasteiger partial charge in [0.05, 0.1) is 14.2 Å². The first kappa shape index (κ1) is 21.0. The molecule has 6 nitrogen and oxygen atoms in total. The van der Waals surface area contributed by atoms with Crippen LogP contribution in [-0.4, -0.2) is 64.3 Å². The highest BCUT2D eigenvalue weighted by molar-refractivity contribution is 9.10. The van der Waals surface area contributed by atoms with E-state index in [4.69, 9.17) is 9.47 Å². The highest BCUT2D eigenvalue weighted by atomic mass is 79.9. The average Bonchev–Trinajstić information content (AvgIpc) is 2.59. The monoisotopic (exact) mass is 421 g/mol. The van der Waals surface area contributed by atoms with Gasteiger partial charge in [0.1, 0.15) is 16.0 Å². The molecule has 1 amide bonds. The normalized spacial score (nSPS) is 14.6. The van der Waals surface area contributed by atoms with Crippen LogP contribution in [0.4, 0.5) is 0 Å². The van der Waals surface area contributed by atoms with E-state index in [-0.39, 0.29) is 18.3 Å². The van der Waals surface area contributed by atoms with Crippen LogP contribution >= 0.6 is 28.3 Å². The molecule has 0 atom stereocenters. The van der Waals surface area contributed by atoms with E-state index < -0.39 is 0 Å². The molecular weight excluding hydrogens is 398 g/mol. The smallest absolute Gasteiger partial charge is 0.251 e. The van der Waals surface area contributed by atoms with E-state index in [0.717, 1.165) is 39.1 Å². The number of piperazine rings is 1. The quantitative estimate of drug-likeness (QED) is 0.657. The van der Waals surface area contributed by atoms with Crippen molar-refractivity contribution >= 4 is 34.2 Å². The third-order valence-corrected chi connectivity index (χ3v) is 4.64. The topological polar surface area (TPSA) is 62.8 Å². The lowest BCUT2D eigenvalue weighted by atomic mass is 10.2. The zero-order chi connectivity index (χ0) is 16.7. The molecule has 1 aliphatic rings. The number of methoxy groups -OCH3 is 2. The number of nitrogens with one attached hydrogen (secondary N) is 2. The Kier molecular flexibility index (Phi) is 9.43. The van der Waals surface area contributed by atoms with E-state index in [9.17, 15) is 4.79 Å². The fourth-order valence-corrected chi connectivity index (χ4v) is 3.09. The van der Waals surface area contributed by atoms with E-state index in [0.29, 0.717) is 28.1 Å². The van der Waals surface area contributed by atoms with Gasteiger partial charge in [0.15, 0.2) is 0 Å². The molecule has 1 fully saturated rings. The van der Waals surface area contributed by atoms with Gasteiger partial charge >= 0.3 is 0 Å². The highest BCUT2D eigenvalue weighted by Gasteiger charge is 2.14. The van der Waals surface area contributed by atoms with Gasteiger partial charge < -0.3 is 25.0 Å². The van der Waals surface area contributed by atoms with Gasteiger partial charge in [-0.1, -0.05) is 0 Å². The average molecular weight is 423 g/mol. The molecule has 8 heteroatoms. The number of amides is 1. The van der Waals surface area contributed by atoms with Crippen molar-refractivity contribution in [3.63, 3.8) is 0 Å². The summed E-state index contributed by atoms with van der Waals surface area (Å²) in [6, 6.07) is 3.41. The summed E-state index contributed by atoms with van der Waals surface area (Å²) in [7, 11) is 3.13. The Hall–Kier alpha value is -1.02. The summed E-state index contributed by atoms with van der Waals surface area (Å²) in [5.41, 5.74) is 0.532. The first-order valence-corrected chi connectivity index (χ1v) is 8.57. The van der Waals surface area contributed by atoms with Gasteiger partial charge in [-0.05, 0) is 41.0 Å². The zero-order valence-corrected chi connectivity index (χ0v) is 16.5. The summed E-state index contributed by atoms with van der Waals surface area (Å²) >= 11 is 3.40. The van der Waals surface area contributed by atoms with Crippen LogP contribution in [0, 0.1) is 0 Å². The third-order valence-electron chi connectivity index (χ3n) is 3.85. The standard InChI is InChI=1S/C16H24BrN3O3.ClH/c1-22-13-10-12(11-14(23-2)15(13)17)16(21)19-4-3-7-20-8-5-18-6-9-20;/h10-11,18H,3-9H2,1-2H3,(H,19,21);1H. The van der Waals surface area contributed by atoms with Crippen LogP contribution in [0.1, 0.15) is 16.8 Å². The Labute approximate surface area is 157 Å². The largest absolute Gasteiger partial charge is 0.495 e. The molecule has 0 bridgehead atoms. The van der Waals surface area contributed by atoms with Gasteiger partial charge in [0, 0.05) is 38.3 Å². The zero-order valence-electron chi connectivity index (χ0n) is 14.1. The van der Waals surface area contributed by atoms with Crippen molar-refractivity contribution in [1.82, 2.24) is 15.5 Å². The second kappa shape index (κ2) is 10.8. The molecular formula is C16H25BrClN3O3. The maximum atomic E-state index is 12.3. The summed E-state index contributed by atoms with van der Waals surface area (Å²) in [6.45, 7) is 5.91. The van der Waals surface area contributed by atoms with Crippen molar-refractivity contribution in [2.75, 3.05) is 53.5 Å². The first-order valence-electron chi connectivity index (χ1n) is 7.78. The van der Waals surface area contributed by atoms with E-state index in [1.54, 1.807) is 26.4 Å². The van der Waals surface area contributed by atoms with Gasteiger partial charge in [0.2, 0.25) is 0 Å². The number of hydrogen-bond acceptors (Lipinski definition) is 5. The number of ether oxygens (including phenoxy) is 2. The highest BCUT2D eigenvalue weighted by Crippen LogP contribution is 2.35. The van der Waals surface area contributed by atoms with Crippen LogP contribution in [0.5, 0.6) is 11.5 Å². The van der Waals surface area contributed by atoms with E-state index in [2.05, 4.69) is 31.5 Å². The molecule has 0 saturated carbocycles. The fraction of sp³-hybridized carbons (Fsp3) is 0.562. The molecule has 0 aromatic heterocycles. The molecule has 24 heavy (non-hydrogen) atoms. The summed E-state index contributed by atoms with van der Waals surface area (Å²) in [6.07, 6.45) is 0.941. The number of rotatable bonds is 7. The number of benzene rings is 1. The lowest BCUT2D eigenvalue weighted by Gasteiger charge is -2.27. The molecule has 1 aromatic rings. The van der Waals surface area contributed by atoms with E-state index in [1.165, 1.54) is 0 Å². The summed E-state index contributed by atoms with van der Waals surface area (Å²) < 4.78 is 11.2. The molecule has 2 rings (SSSR count). The molecule has 0 aliphatic carbocycles. The van der Waals surface area contributed by atoms with Gasteiger partial charge in [-0.15, -0.1) is 12.4 Å². The maximum absolute atomic E-state index is 12.3. The molecule has 2 N–H and O–H groups in total. The van der Waals surface area contributed by atoms with E-state index >= 15 is 0 Å². The number of hydrogen-bond donors (Lipinski definition) is 2. The molecule has 136 valence electrons. The Morgan fingerprint density at radius 2 is 1.83 bits per heavy atom. The number of nitrogens with zero attached hydrogens (tertiary/aromatic N) is 1. The number of carbonyl (C=O) groups is 1. The van der Waals surface area contributed by atoms with Crippen LogP contribution in [0.25, 0.3) is 0 Å². The van der Waals surface area contributed by atoms with Crippen LogP contribution in [0.3, 0.4) is 0 Å². The van der Waals surface area contributed by atoms with Crippen molar-refractivity contribution in [3.8, 4) is 11.5 Å². The van der Waals surface area contributed by atoms with Crippen LogP contribution in [0.2, 0.25) is 0 Å². The minimum absolute atomic E-state index is 0. The number of carbonyl (C=O) groups excluding carboxylic acids is 1. The van der Waals surface area contributed by atoms with Gasteiger partial charge in [-0.25, -0.2) is 0 Å². The SMILES string of the molecule is COc1cc(C(=O)NCCCN2CCNCC2)cc(OC)c1Br.Cl. The summed E-state index contributed by atoms with van der Waals surface area (Å²) in [5, 5.41) is 6.29. The predicted molar refractivity (Wildman–Crippen MR) is 101 cm³/mol. The molecule has 1 heterocycles. The van der Waals surface area contributed by atoms with E-state index in [1.807, 2.05) is 0 Å². The Morgan fingerprint density at radius 3 is 2.38 bits per heavy atom. The Morgan fingerprint density at radius 1 is 1.25 bits per heavy atom. The van der Waals surface area contributed by atoms with Gasteiger partial charge in [0.25, 0.3) is 5.91 Å². The second-order valence-electron chi connectivity index (χ2n) is 5.40. The minimum Gasteiger partial charge on any atom is -0.495 e. The van der Waals surface area contributed by atoms with Crippen LogP contribution < -0.4 is 20.1 Å². The van der Waals surface area contributed by atoms with Crippen molar-refractivity contribution in [2.45, 2.75) is 6.42 Å². The van der Waals surface area contributed by atoms with Crippen LogP contribution in [-0.2, 0) is 0 Å². The summed E-state index contributed by atoms with van der Waals surface area (Å²) in [5.74, 6) is 1.04. The molecule has 0 radical (unpaired) electrons. The van der Waals surface area contributed by atoms with Crippen molar-refractivity contribution in [1.29, 1.82) is 0 Å². The predicted octanol–water partition coefficient (Wildman–Crippen LogP) is 1.91. The lowest BCUT2D eigenvalue weighted by Crippen LogP contribution is -2.44. The molecule has 0 spiro atoms. The maximum Gasteiger partial charge on any atom is 0.251 e. The fourth-order valence-electron chi connectivity index (χ4n) is 2.54. The molecule has 1 saturated heterocycles. The molecule has 1 aromatic carbocycles. The lowest BCUT2D eigenvalue weighted by molar-refractivity contribution is 0.0950. The van der Waals surface area contributed by atoms with Crippen molar-refractivity contribution < 1.29 is 14.3 Å².